The summed E-state index contributed by atoms with van der Waals surface area (Å²) in [6, 6.07) is 10.1. The molecule has 1 fully saturated rings. The smallest absolute Gasteiger partial charge is 0.343 e. The van der Waals surface area contributed by atoms with Crippen LogP contribution in [0.4, 0.5) is 0 Å². The molecule has 4 rings (SSSR count). The van der Waals surface area contributed by atoms with Crippen molar-refractivity contribution in [3.63, 3.8) is 0 Å². The maximum absolute atomic E-state index is 12.0. The molecule has 1 aromatic carbocycles. The van der Waals surface area contributed by atoms with Gasteiger partial charge in [-0.15, -0.1) is 17.9 Å². The molecule has 0 amide bonds. The number of rotatable bonds is 5. The third-order valence-electron chi connectivity index (χ3n) is 4.71. The summed E-state index contributed by atoms with van der Waals surface area (Å²) in [5.74, 6) is -0.504. The van der Waals surface area contributed by atoms with E-state index < -0.39 is 23.8 Å². The number of carbonyl (C=O) groups is 1. The fourth-order valence-corrected chi connectivity index (χ4v) is 4.45. The Hall–Kier alpha value is -2.15. The molecule has 3 atom stereocenters. The average molecular weight is 358 g/mol. The monoisotopic (exact) mass is 358 g/mol. The minimum atomic E-state index is -1.73. The molecule has 1 aliphatic carbocycles. The molecule has 2 aromatic rings. The number of allylic oxidation sites excluding steroid dienone is 1. The number of thiophene rings is 1. The highest BCUT2D eigenvalue weighted by Crippen LogP contribution is 2.44. The first-order chi connectivity index (χ1) is 12.0. The minimum absolute atomic E-state index is 0.0475. The highest BCUT2D eigenvalue weighted by molar-refractivity contribution is 7.19. The molecule has 0 saturated carbocycles. The molecule has 0 spiro atoms. The van der Waals surface area contributed by atoms with Crippen LogP contribution in [0.3, 0.4) is 0 Å². The molecule has 5 nitrogen and oxygen atoms in total. The van der Waals surface area contributed by atoms with Crippen LogP contribution < -0.4 is 0 Å². The van der Waals surface area contributed by atoms with Gasteiger partial charge in [0.2, 0.25) is 0 Å². The van der Waals surface area contributed by atoms with Crippen LogP contribution in [0, 0.1) is 0 Å². The third kappa shape index (κ3) is 2.57. The van der Waals surface area contributed by atoms with Gasteiger partial charge in [-0.1, -0.05) is 24.3 Å². The van der Waals surface area contributed by atoms with Crippen molar-refractivity contribution in [1.29, 1.82) is 0 Å². The molecule has 2 bridgehead atoms. The predicted octanol–water partition coefficient (Wildman–Crippen LogP) is 2.67. The quantitative estimate of drug-likeness (QED) is 0.635. The summed E-state index contributed by atoms with van der Waals surface area (Å²) in [6.45, 7) is 3.92. The zero-order valence-electron chi connectivity index (χ0n) is 13.5. The molecule has 1 aromatic heterocycles. The number of hydrogen-bond acceptors (Lipinski definition) is 6. The number of fused-ring (bicyclic) bond motifs is 3. The largest absolute Gasteiger partial charge is 0.489 e. The van der Waals surface area contributed by atoms with Gasteiger partial charge in [0.1, 0.15) is 24.6 Å². The Bertz CT molecular complexity index is 850. The van der Waals surface area contributed by atoms with Gasteiger partial charge in [0.25, 0.3) is 0 Å². The molecule has 130 valence electrons. The first-order valence-corrected chi connectivity index (χ1v) is 8.91. The van der Waals surface area contributed by atoms with Gasteiger partial charge in [-0.05, 0) is 23.9 Å². The van der Waals surface area contributed by atoms with E-state index in [-0.39, 0.29) is 25.2 Å². The Kier molecular flexibility index (Phi) is 3.91. The van der Waals surface area contributed by atoms with Gasteiger partial charge in [-0.3, -0.25) is 0 Å². The molecular formula is C19H18O5S. The zero-order valence-corrected chi connectivity index (χ0v) is 14.3. The molecule has 2 aliphatic rings. The topological polar surface area (TPSA) is 76.0 Å². The number of aliphatic hydroxyl groups excluding tert-OH is 1. The number of esters is 1. The average Bonchev–Trinajstić information content (AvgIpc) is 3.13. The van der Waals surface area contributed by atoms with Crippen LogP contribution in [0.15, 0.2) is 54.3 Å². The van der Waals surface area contributed by atoms with Crippen molar-refractivity contribution in [2.24, 2.45) is 0 Å². The Morgan fingerprint density at radius 3 is 3.00 bits per heavy atom. The van der Waals surface area contributed by atoms with E-state index in [0.29, 0.717) is 5.57 Å². The molecule has 25 heavy (non-hydrogen) atoms. The van der Waals surface area contributed by atoms with Crippen molar-refractivity contribution in [2.75, 3.05) is 0 Å². The van der Waals surface area contributed by atoms with E-state index in [9.17, 15) is 15.0 Å². The van der Waals surface area contributed by atoms with E-state index >= 15 is 0 Å². The summed E-state index contributed by atoms with van der Waals surface area (Å²) in [5.41, 5.74) is -1.39. The first kappa shape index (κ1) is 16.3. The van der Waals surface area contributed by atoms with E-state index in [1.807, 2.05) is 30.3 Å². The fourth-order valence-electron chi connectivity index (χ4n) is 3.47. The number of carbonyl (C=O) groups excluding carboxylic acids is 1. The van der Waals surface area contributed by atoms with Crippen LogP contribution in [0.1, 0.15) is 17.7 Å². The molecule has 0 radical (unpaired) electrons. The summed E-state index contributed by atoms with van der Waals surface area (Å²) in [6.07, 6.45) is 0.0252. The molecule has 1 saturated heterocycles. The summed E-state index contributed by atoms with van der Waals surface area (Å²) in [7, 11) is 0. The lowest BCUT2D eigenvalue weighted by molar-refractivity contribution is -0.153. The summed E-state index contributed by atoms with van der Waals surface area (Å²) < 4.78 is 12.1. The number of aliphatic hydroxyl groups is 2. The van der Waals surface area contributed by atoms with Crippen LogP contribution in [-0.2, 0) is 20.9 Å². The second-order valence-electron chi connectivity index (χ2n) is 6.33. The number of benzene rings is 1. The molecule has 0 unspecified atom stereocenters. The normalized spacial score (nSPS) is 28.3. The molecule has 2 heterocycles. The van der Waals surface area contributed by atoms with Crippen molar-refractivity contribution in [3.05, 3.63) is 59.2 Å². The first-order valence-electron chi connectivity index (χ1n) is 8.09. The van der Waals surface area contributed by atoms with Gasteiger partial charge in [0.15, 0.2) is 5.60 Å². The predicted molar refractivity (Wildman–Crippen MR) is 93.9 cm³/mol. The lowest BCUT2D eigenvalue weighted by Crippen LogP contribution is -2.43. The molecule has 1 aliphatic heterocycles. The third-order valence-corrected chi connectivity index (χ3v) is 5.79. The lowest BCUT2D eigenvalue weighted by Gasteiger charge is -2.31. The maximum Gasteiger partial charge on any atom is 0.343 e. The van der Waals surface area contributed by atoms with Crippen LogP contribution in [0.5, 0.6) is 0 Å². The van der Waals surface area contributed by atoms with Crippen molar-refractivity contribution in [3.8, 4) is 0 Å². The zero-order chi connectivity index (χ0) is 17.6. The highest BCUT2D eigenvalue weighted by Gasteiger charge is 2.58. The Balaban J connectivity index is 1.65. The van der Waals surface area contributed by atoms with Gasteiger partial charge >= 0.3 is 5.97 Å². The standard InChI is InChI=1S/C19H18O5S/c1-2-5-13-17(16(20)14-9-19(13,22)18(21)24-14)23-10-12-8-11-6-3-4-7-15(11)25-12/h2-4,6-8,14,16,20,22H,1,5,9-10H2/t14-,16+,19-/m1/s1. The van der Waals surface area contributed by atoms with E-state index in [1.165, 1.54) is 0 Å². The summed E-state index contributed by atoms with van der Waals surface area (Å²) >= 11 is 1.61. The van der Waals surface area contributed by atoms with Gasteiger partial charge in [-0.2, -0.15) is 0 Å². The number of ether oxygens (including phenoxy) is 2. The van der Waals surface area contributed by atoms with Crippen LogP contribution in [0.2, 0.25) is 0 Å². The van der Waals surface area contributed by atoms with E-state index in [1.54, 1.807) is 17.4 Å². The van der Waals surface area contributed by atoms with Gasteiger partial charge < -0.3 is 19.7 Å². The van der Waals surface area contributed by atoms with Crippen molar-refractivity contribution in [1.82, 2.24) is 0 Å². The van der Waals surface area contributed by atoms with Gasteiger partial charge in [0.05, 0.1) is 0 Å². The SMILES string of the molecule is C=CCC1=C(OCc2cc3ccccc3s2)[C@@H](O)[C@H]2C[C@]1(O)C(=O)O2. The van der Waals surface area contributed by atoms with Crippen LogP contribution in [0.25, 0.3) is 10.1 Å². The highest BCUT2D eigenvalue weighted by atomic mass is 32.1. The maximum atomic E-state index is 12.0. The Morgan fingerprint density at radius 1 is 1.44 bits per heavy atom. The van der Waals surface area contributed by atoms with E-state index in [0.717, 1.165) is 15.0 Å². The lowest BCUT2D eigenvalue weighted by atomic mass is 9.80. The summed E-state index contributed by atoms with van der Waals surface area (Å²) in [4.78, 5) is 13.0. The van der Waals surface area contributed by atoms with Crippen LogP contribution >= 0.6 is 11.3 Å². The second kappa shape index (κ2) is 5.98. The van der Waals surface area contributed by atoms with Gasteiger partial charge in [0, 0.05) is 21.6 Å². The van der Waals surface area contributed by atoms with E-state index in [4.69, 9.17) is 9.47 Å². The second-order valence-corrected chi connectivity index (χ2v) is 7.50. The molecule has 6 heteroatoms. The van der Waals surface area contributed by atoms with Gasteiger partial charge in [-0.25, -0.2) is 4.79 Å². The Morgan fingerprint density at radius 2 is 2.24 bits per heavy atom. The van der Waals surface area contributed by atoms with E-state index in [2.05, 4.69) is 6.58 Å². The van der Waals surface area contributed by atoms with Crippen molar-refractivity contribution in [2.45, 2.75) is 37.3 Å². The molecule has 2 N–H and O–H groups in total. The number of hydrogen-bond donors (Lipinski definition) is 2. The van der Waals surface area contributed by atoms with Crippen molar-refractivity contribution < 1.29 is 24.5 Å². The summed E-state index contributed by atoms with van der Waals surface area (Å²) in [5, 5.41) is 22.3. The van der Waals surface area contributed by atoms with Crippen LogP contribution in [-0.4, -0.2) is 34.0 Å². The molecular weight excluding hydrogens is 340 g/mol. The Labute approximate surface area is 148 Å². The van der Waals surface area contributed by atoms with Crippen molar-refractivity contribution >= 4 is 27.4 Å². The fraction of sp³-hybridized carbons (Fsp3) is 0.316. The minimum Gasteiger partial charge on any atom is -0.489 e.